The van der Waals surface area contributed by atoms with Crippen molar-refractivity contribution in [1.29, 1.82) is 0 Å². The summed E-state index contributed by atoms with van der Waals surface area (Å²) in [5, 5.41) is 0. The molecule has 0 amide bonds. The predicted octanol–water partition coefficient (Wildman–Crippen LogP) is 2.59. The van der Waals surface area contributed by atoms with Crippen LogP contribution in [0.3, 0.4) is 0 Å². The molecule has 0 atom stereocenters. The van der Waals surface area contributed by atoms with Crippen molar-refractivity contribution in [2.75, 3.05) is 0 Å². The van der Waals surface area contributed by atoms with Crippen LogP contribution >= 0.6 is 0 Å². The second-order valence-corrected chi connectivity index (χ2v) is 4.65. The average molecular weight is 221 g/mol. The Morgan fingerprint density at radius 3 is 2.56 bits per heavy atom. The Labute approximate surface area is 94.6 Å². The van der Waals surface area contributed by atoms with E-state index in [2.05, 4.69) is 0 Å². The minimum absolute atomic E-state index is 0.0394. The van der Waals surface area contributed by atoms with Crippen LogP contribution in [0.5, 0.6) is 0 Å². The highest BCUT2D eigenvalue weighted by atomic mass is 19.1. The summed E-state index contributed by atoms with van der Waals surface area (Å²) in [6.07, 6.45) is 3.48. The Morgan fingerprint density at radius 2 is 2.00 bits per heavy atom. The van der Waals surface area contributed by atoms with Gasteiger partial charge in [0.15, 0.2) is 5.78 Å². The Bertz CT molecular complexity index is 422. The van der Waals surface area contributed by atoms with Crippen molar-refractivity contribution >= 4 is 5.78 Å². The average Bonchev–Trinajstić information content (AvgIpc) is 2.66. The van der Waals surface area contributed by atoms with Crippen molar-refractivity contribution in [2.24, 2.45) is 5.73 Å². The van der Waals surface area contributed by atoms with Gasteiger partial charge in [0, 0.05) is 5.56 Å². The number of hydrogen-bond acceptors (Lipinski definition) is 2. The molecule has 1 fully saturated rings. The Morgan fingerprint density at radius 1 is 1.38 bits per heavy atom. The topological polar surface area (TPSA) is 43.1 Å². The molecule has 0 aromatic heterocycles. The van der Waals surface area contributed by atoms with Gasteiger partial charge < -0.3 is 5.73 Å². The number of hydrogen-bond donors (Lipinski definition) is 1. The first kappa shape index (κ1) is 11.3. The Balaban J connectivity index is 2.33. The van der Waals surface area contributed by atoms with E-state index in [0.717, 1.165) is 25.7 Å². The molecule has 0 saturated heterocycles. The number of carbonyl (C=O) groups is 1. The van der Waals surface area contributed by atoms with Gasteiger partial charge >= 0.3 is 0 Å². The third-order valence-electron chi connectivity index (χ3n) is 3.38. The molecule has 2 nitrogen and oxygen atoms in total. The van der Waals surface area contributed by atoms with Crippen molar-refractivity contribution < 1.29 is 9.18 Å². The number of aryl methyl sites for hydroxylation is 1. The maximum atomic E-state index is 12.9. The maximum absolute atomic E-state index is 12.9. The summed E-state index contributed by atoms with van der Waals surface area (Å²) < 4.78 is 12.9. The zero-order valence-electron chi connectivity index (χ0n) is 9.42. The lowest BCUT2D eigenvalue weighted by molar-refractivity contribution is 0.0891. The molecule has 1 saturated carbocycles. The third kappa shape index (κ3) is 1.87. The lowest BCUT2D eigenvalue weighted by Gasteiger charge is -2.22. The van der Waals surface area contributed by atoms with E-state index in [1.54, 1.807) is 13.0 Å². The maximum Gasteiger partial charge on any atom is 0.182 e. The number of Topliss-reactive ketones (excluding diaryl/α,β-unsaturated/α-hetero) is 1. The first-order valence-electron chi connectivity index (χ1n) is 5.63. The number of benzene rings is 1. The van der Waals surface area contributed by atoms with Gasteiger partial charge in [0.1, 0.15) is 5.82 Å². The normalized spacial score (nSPS) is 18.7. The van der Waals surface area contributed by atoms with Crippen LogP contribution in [-0.4, -0.2) is 11.3 Å². The molecule has 2 rings (SSSR count). The molecule has 0 radical (unpaired) electrons. The molecule has 0 unspecified atom stereocenters. The summed E-state index contributed by atoms with van der Waals surface area (Å²) in [5.74, 6) is -0.353. The second-order valence-electron chi connectivity index (χ2n) is 4.65. The smallest absolute Gasteiger partial charge is 0.182 e. The van der Waals surface area contributed by atoms with E-state index in [-0.39, 0.29) is 11.6 Å². The lowest BCUT2D eigenvalue weighted by Crippen LogP contribution is -2.45. The van der Waals surface area contributed by atoms with Crippen LogP contribution < -0.4 is 5.73 Å². The van der Waals surface area contributed by atoms with Gasteiger partial charge in [-0.1, -0.05) is 12.8 Å². The molecule has 0 heterocycles. The van der Waals surface area contributed by atoms with Crippen molar-refractivity contribution in [3.63, 3.8) is 0 Å². The number of nitrogens with two attached hydrogens (primary N) is 1. The summed E-state index contributed by atoms with van der Waals surface area (Å²) in [6, 6.07) is 4.24. The predicted molar refractivity (Wildman–Crippen MR) is 60.9 cm³/mol. The fourth-order valence-electron chi connectivity index (χ4n) is 2.38. The second kappa shape index (κ2) is 3.98. The van der Waals surface area contributed by atoms with Crippen LogP contribution in [0.2, 0.25) is 0 Å². The van der Waals surface area contributed by atoms with Gasteiger partial charge in [0.05, 0.1) is 5.54 Å². The van der Waals surface area contributed by atoms with Crippen molar-refractivity contribution in [1.82, 2.24) is 0 Å². The van der Waals surface area contributed by atoms with Gasteiger partial charge in [0.25, 0.3) is 0 Å². The first-order chi connectivity index (χ1) is 7.53. The fraction of sp³-hybridized carbons (Fsp3) is 0.462. The van der Waals surface area contributed by atoms with Crippen molar-refractivity contribution in [3.8, 4) is 0 Å². The van der Waals surface area contributed by atoms with E-state index in [1.165, 1.54) is 12.1 Å². The SMILES string of the molecule is Cc1cc(F)ccc1C(=O)C1(N)CCCC1. The van der Waals surface area contributed by atoms with E-state index in [4.69, 9.17) is 5.73 Å². The third-order valence-corrected chi connectivity index (χ3v) is 3.38. The molecule has 3 heteroatoms. The van der Waals surface area contributed by atoms with Gasteiger partial charge in [-0.2, -0.15) is 0 Å². The molecule has 1 aliphatic rings. The largest absolute Gasteiger partial charge is 0.319 e. The molecular weight excluding hydrogens is 205 g/mol. The van der Waals surface area contributed by atoms with Crippen LogP contribution in [0.25, 0.3) is 0 Å². The minimum Gasteiger partial charge on any atom is -0.319 e. The number of rotatable bonds is 2. The minimum atomic E-state index is -0.720. The highest BCUT2D eigenvalue weighted by Crippen LogP contribution is 2.31. The zero-order chi connectivity index (χ0) is 11.8. The Hall–Kier alpha value is -1.22. The highest BCUT2D eigenvalue weighted by Gasteiger charge is 2.37. The lowest BCUT2D eigenvalue weighted by atomic mass is 9.87. The first-order valence-corrected chi connectivity index (χ1v) is 5.63. The van der Waals surface area contributed by atoms with Gasteiger partial charge in [-0.3, -0.25) is 4.79 Å². The summed E-state index contributed by atoms with van der Waals surface area (Å²) in [4.78, 5) is 12.3. The molecule has 0 aliphatic heterocycles. The molecule has 1 aliphatic carbocycles. The van der Waals surface area contributed by atoms with E-state index >= 15 is 0 Å². The molecule has 16 heavy (non-hydrogen) atoms. The molecule has 1 aromatic carbocycles. The van der Waals surface area contributed by atoms with E-state index in [1.807, 2.05) is 0 Å². The van der Waals surface area contributed by atoms with Crippen LogP contribution in [0.15, 0.2) is 18.2 Å². The summed E-state index contributed by atoms with van der Waals surface area (Å²) in [7, 11) is 0. The Kier molecular flexibility index (Phi) is 2.80. The number of ketones is 1. The van der Waals surface area contributed by atoms with Gasteiger partial charge in [-0.25, -0.2) is 4.39 Å². The standard InChI is InChI=1S/C13H16FNO/c1-9-8-10(14)4-5-11(9)12(16)13(15)6-2-3-7-13/h4-5,8H,2-3,6-7,15H2,1H3. The van der Waals surface area contributed by atoms with Crippen LogP contribution in [0.4, 0.5) is 4.39 Å². The van der Waals surface area contributed by atoms with E-state index < -0.39 is 5.54 Å². The monoisotopic (exact) mass is 221 g/mol. The molecular formula is C13H16FNO. The molecule has 86 valence electrons. The molecule has 1 aromatic rings. The molecule has 0 spiro atoms. The number of halogens is 1. The van der Waals surface area contributed by atoms with Crippen LogP contribution in [0.1, 0.15) is 41.6 Å². The van der Waals surface area contributed by atoms with E-state index in [9.17, 15) is 9.18 Å². The molecule has 0 bridgehead atoms. The summed E-state index contributed by atoms with van der Waals surface area (Å²) in [6.45, 7) is 1.74. The number of carbonyl (C=O) groups excluding carboxylic acids is 1. The van der Waals surface area contributed by atoms with E-state index in [0.29, 0.717) is 11.1 Å². The van der Waals surface area contributed by atoms with Crippen molar-refractivity contribution in [2.45, 2.75) is 38.1 Å². The fourth-order valence-corrected chi connectivity index (χ4v) is 2.38. The van der Waals surface area contributed by atoms with Gasteiger partial charge in [0.2, 0.25) is 0 Å². The molecule has 2 N–H and O–H groups in total. The van der Waals surface area contributed by atoms with Crippen LogP contribution in [0, 0.1) is 12.7 Å². The quantitative estimate of drug-likeness (QED) is 0.780. The van der Waals surface area contributed by atoms with Gasteiger partial charge in [-0.15, -0.1) is 0 Å². The summed E-state index contributed by atoms with van der Waals surface area (Å²) in [5.41, 5.74) is 6.61. The van der Waals surface area contributed by atoms with Crippen molar-refractivity contribution in [3.05, 3.63) is 35.1 Å². The zero-order valence-corrected chi connectivity index (χ0v) is 9.42. The highest BCUT2D eigenvalue weighted by molar-refractivity contribution is 6.04. The van der Waals surface area contributed by atoms with Gasteiger partial charge in [-0.05, 0) is 43.5 Å². The van der Waals surface area contributed by atoms with Crippen LogP contribution in [-0.2, 0) is 0 Å². The summed E-state index contributed by atoms with van der Waals surface area (Å²) >= 11 is 0.